The number of anilines is 1. The molecule has 2 atom stereocenters. The van der Waals surface area contributed by atoms with Crippen LogP contribution in [0.1, 0.15) is 37.0 Å². The molecule has 0 unspecified atom stereocenters. The number of nitrogens with one attached hydrogen (secondary N) is 1. The van der Waals surface area contributed by atoms with Crippen LogP contribution in [0.5, 0.6) is 5.75 Å². The Hall–Kier alpha value is -4.05. The van der Waals surface area contributed by atoms with Crippen molar-refractivity contribution < 1.29 is 22.7 Å². The van der Waals surface area contributed by atoms with Gasteiger partial charge in [-0.3, -0.25) is 13.9 Å². The van der Waals surface area contributed by atoms with Crippen molar-refractivity contribution in [1.29, 1.82) is 0 Å². The fourth-order valence-electron chi connectivity index (χ4n) is 4.89. The van der Waals surface area contributed by atoms with Crippen LogP contribution in [-0.2, 0) is 39.2 Å². The molecule has 1 N–H and O–H groups in total. The van der Waals surface area contributed by atoms with E-state index in [4.69, 9.17) is 27.9 Å². The second-order valence-electron chi connectivity index (χ2n) is 11.3. The maximum atomic E-state index is 14.3. The van der Waals surface area contributed by atoms with E-state index in [1.165, 1.54) is 4.90 Å². The van der Waals surface area contributed by atoms with E-state index < -0.39 is 28.5 Å². The van der Waals surface area contributed by atoms with Gasteiger partial charge in [-0.2, -0.15) is 0 Å². The number of halogens is 2. The standard InChI is InChI=1S/C36H39Cl2N3O5S/c1-4-26(2)39-36(43)34(22-27-11-7-5-8-12-27)40(23-29-15-20-32(37)33(38)21-29)35(42)24-41(47(3,44)45)30-16-18-31(19-17-30)46-25-28-13-9-6-10-14-28/h5-21,26,34H,4,22-25H2,1-3H3,(H,39,43)/t26-,34+/m0/s1. The van der Waals surface area contributed by atoms with Crippen LogP contribution in [0, 0.1) is 0 Å². The van der Waals surface area contributed by atoms with E-state index in [0.29, 0.717) is 34.4 Å². The summed E-state index contributed by atoms with van der Waals surface area (Å²) in [6.45, 7) is 3.65. The van der Waals surface area contributed by atoms with E-state index in [1.807, 2.05) is 74.5 Å². The second-order valence-corrected chi connectivity index (χ2v) is 14.1. The molecule has 248 valence electrons. The zero-order chi connectivity index (χ0) is 34.0. The first-order valence-corrected chi connectivity index (χ1v) is 17.9. The van der Waals surface area contributed by atoms with Crippen molar-refractivity contribution in [3.05, 3.63) is 130 Å². The van der Waals surface area contributed by atoms with Crippen LogP contribution in [0.4, 0.5) is 5.69 Å². The van der Waals surface area contributed by atoms with Gasteiger partial charge in [0.2, 0.25) is 21.8 Å². The third kappa shape index (κ3) is 10.5. The molecule has 47 heavy (non-hydrogen) atoms. The van der Waals surface area contributed by atoms with Gasteiger partial charge < -0.3 is 15.0 Å². The summed E-state index contributed by atoms with van der Waals surface area (Å²) in [5, 5.41) is 3.66. The molecule has 0 spiro atoms. The minimum atomic E-state index is -3.92. The molecule has 4 rings (SSSR count). The predicted octanol–water partition coefficient (Wildman–Crippen LogP) is 6.89. The fourth-order valence-corrected chi connectivity index (χ4v) is 6.06. The van der Waals surface area contributed by atoms with Crippen molar-refractivity contribution in [2.75, 3.05) is 17.1 Å². The fraction of sp³-hybridized carbons (Fsp3) is 0.278. The number of hydrogen-bond acceptors (Lipinski definition) is 5. The van der Waals surface area contributed by atoms with E-state index in [9.17, 15) is 18.0 Å². The summed E-state index contributed by atoms with van der Waals surface area (Å²) in [4.78, 5) is 29.6. The number of nitrogens with zero attached hydrogens (tertiary/aromatic N) is 2. The number of hydrogen-bond donors (Lipinski definition) is 1. The Morgan fingerprint density at radius 2 is 1.45 bits per heavy atom. The van der Waals surface area contributed by atoms with Gasteiger partial charge in [-0.1, -0.05) is 96.9 Å². The Bertz CT molecular complexity index is 1740. The van der Waals surface area contributed by atoms with Gasteiger partial charge in [-0.15, -0.1) is 0 Å². The first-order valence-electron chi connectivity index (χ1n) is 15.3. The second kappa shape index (κ2) is 16.7. The molecule has 0 aliphatic carbocycles. The van der Waals surface area contributed by atoms with Crippen LogP contribution >= 0.6 is 23.2 Å². The Kier molecular flexibility index (Phi) is 12.7. The quantitative estimate of drug-likeness (QED) is 0.146. The highest BCUT2D eigenvalue weighted by Crippen LogP contribution is 2.26. The van der Waals surface area contributed by atoms with Crippen LogP contribution < -0.4 is 14.4 Å². The van der Waals surface area contributed by atoms with E-state index in [0.717, 1.165) is 21.7 Å². The zero-order valence-electron chi connectivity index (χ0n) is 26.6. The summed E-state index contributed by atoms with van der Waals surface area (Å²) < 4.78 is 33.1. The molecule has 0 saturated carbocycles. The van der Waals surface area contributed by atoms with Crippen molar-refractivity contribution in [2.45, 2.75) is 51.9 Å². The van der Waals surface area contributed by atoms with Gasteiger partial charge in [-0.05, 0) is 66.4 Å². The SMILES string of the molecule is CC[C@H](C)NC(=O)[C@@H](Cc1ccccc1)N(Cc1ccc(Cl)c(Cl)c1)C(=O)CN(c1ccc(OCc2ccccc2)cc1)S(C)(=O)=O. The van der Waals surface area contributed by atoms with Crippen LogP contribution in [0.15, 0.2) is 103 Å². The van der Waals surface area contributed by atoms with Gasteiger partial charge in [0, 0.05) is 19.0 Å². The first-order chi connectivity index (χ1) is 22.4. The maximum absolute atomic E-state index is 14.3. The van der Waals surface area contributed by atoms with E-state index >= 15 is 0 Å². The topological polar surface area (TPSA) is 96.0 Å². The van der Waals surface area contributed by atoms with Crippen molar-refractivity contribution >= 4 is 50.7 Å². The van der Waals surface area contributed by atoms with Crippen LogP contribution in [0.3, 0.4) is 0 Å². The van der Waals surface area contributed by atoms with Crippen LogP contribution in [-0.4, -0.2) is 50.0 Å². The molecular weight excluding hydrogens is 657 g/mol. The zero-order valence-corrected chi connectivity index (χ0v) is 28.9. The molecule has 0 saturated heterocycles. The molecule has 4 aromatic rings. The lowest BCUT2D eigenvalue weighted by Crippen LogP contribution is -2.54. The van der Waals surface area contributed by atoms with E-state index in [1.54, 1.807) is 42.5 Å². The maximum Gasteiger partial charge on any atom is 0.244 e. The van der Waals surface area contributed by atoms with Crippen molar-refractivity contribution in [3.63, 3.8) is 0 Å². The van der Waals surface area contributed by atoms with Crippen molar-refractivity contribution in [2.24, 2.45) is 0 Å². The molecular formula is C36H39Cl2N3O5S. The molecule has 0 bridgehead atoms. The Morgan fingerprint density at radius 1 is 0.830 bits per heavy atom. The lowest BCUT2D eigenvalue weighted by atomic mass is 10.0. The number of rotatable bonds is 15. The van der Waals surface area contributed by atoms with Crippen molar-refractivity contribution in [3.8, 4) is 5.75 Å². The van der Waals surface area contributed by atoms with Crippen LogP contribution in [0.25, 0.3) is 0 Å². The normalized spacial score (nSPS) is 12.5. The molecule has 0 aliphatic rings. The highest BCUT2D eigenvalue weighted by molar-refractivity contribution is 7.92. The molecule has 0 heterocycles. The summed E-state index contributed by atoms with van der Waals surface area (Å²) in [6, 6.07) is 29.4. The third-order valence-corrected chi connectivity index (χ3v) is 9.54. The average molecular weight is 697 g/mol. The third-order valence-electron chi connectivity index (χ3n) is 7.66. The smallest absolute Gasteiger partial charge is 0.244 e. The number of carbonyl (C=O) groups excluding carboxylic acids is 2. The molecule has 8 nitrogen and oxygen atoms in total. The Balaban J connectivity index is 1.66. The number of ether oxygens (including phenoxy) is 1. The number of benzene rings is 4. The average Bonchev–Trinajstić information content (AvgIpc) is 3.06. The van der Waals surface area contributed by atoms with Gasteiger partial charge in [0.15, 0.2) is 0 Å². The number of amides is 2. The van der Waals surface area contributed by atoms with Gasteiger partial charge >= 0.3 is 0 Å². The molecule has 0 radical (unpaired) electrons. The Labute approximate surface area is 287 Å². The van der Waals surface area contributed by atoms with Crippen LogP contribution in [0.2, 0.25) is 10.0 Å². The monoisotopic (exact) mass is 695 g/mol. The number of sulfonamides is 1. The van der Waals surface area contributed by atoms with Crippen molar-refractivity contribution in [1.82, 2.24) is 10.2 Å². The largest absolute Gasteiger partial charge is 0.489 e. The molecule has 2 amide bonds. The summed E-state index contributed by atoms with van der Waals surface area (Å²) in [7, 11) is -3.92. The minimum Gasteiger partial charge on any atom is -0.489 e. The summed E-state index contributed by atoms with van der Waals surface area (Å²) in [6.07, 6.45) is 1.94. The van der Waals surface area contributed by atoms with E-state index in [-0.39, 0.29) is 30.6 Å². The Morgan fingerprint density at radius 3 is 2.02 bits per heavy atom. The predicted molar refractivity (Wildman–Crippen MR) is 188 cm³/mol. The van der Waals surface area contributed by atoms with Gasteiger partial charge in [-0.25, -0.2) is 8.42 Å². The summed E-state index contributed by atoms with van der Waals surface area (Å²) >= 11 is 12.5. The number of carbonyl (C=O) groups is 2. The molecule has 0 aromatic heterocycles. The molecule has 0 fully saturated rings. The first kappa shape index (κ1) is 35.8. The lowest BCUT2D eigenvalue weighted by Gasteiger charge is -2.34. The van der Waals surface area contributed by atoms with Gasteiger partial charge in [0.05, 0.1) is 22.0 Å². The van der Waals surface area contributed by atoms with Gasteiger partial charge in [0.25, 0.3) is 0 Å². The highest BCUT2D eigenvalue weighted by atomic mass is 35.5. The summed E-state index contributed by atoms with van der Waals surface area (Å²) in [5.74, 6) is -0.364. The molecule has 0 aliphatic heterocycles. The molecule has 11 heteroatoms. The molecule has 4 aromatic carbocycles. The summed E-state index contributed by atoms with van der Waals surface area (Å²) in [5.41, 5.74) is 2.75. The highest BCUT2D eigenvalue weighted by Gasteiger charge is 2.33. The van der Waals surface area contributed by atoms with Gasteiger partial charge in [0.1, 0.15) is 24.9 Å². The minimum absolute atomic E-state index is 0.00891. The lowest BCUT2D eigenvalue weighted by molar-refractivity contribution is -0.140. The van der Waals surface area contributed by atoms with E-state index in [2.05, 4.69) is 5.32 Å².